The van der Waals surface area contributed by atoms with E-state index >= 15 is 0 Å². The van der Waals surface area contributed by atoms with Crippen LogP contribution in [0.25, 0.3) is 11.1 Å². The van der Waals surface area contributed by atoms with Crippen LogP contribution in [-0.4, -0.2) is 4.98 Å². The van der Waals surface area contributed by atoms with E-state index in [0.717, 1.165) is 18.7 Å². The minimum Gasteiger partial charge on any atom is -0.309 e. The molecular weight excluding hydrogens is 239 g/mol. The van der Waals surface area contributed by atoms with Crippen LogP contribution in [0.15, 0.2) is 30.5 Å². The van der Waals surface area contributed by atoms with E-state index in [-0.39, 0.29) is 0 Å². The molecule has 1 aromatic heterocycles. The van der Waals surface area contributed by atoms with Crippen molar-refractivity contribution in [1.29, 1.82) is 0 Å². The summed E-state index contributed by atoms with van der Waals surface area (Å²) in [4.78, 5) is 3.64. The number of pyridine rings is 1. The van der Waals surface area contributed by atoms with Crippen molar-refractivity contribution in [3.63, 3.8) is 0 Å². The van der Waals surface area contributed by atoms with Gasteiger partial charge in [-0.15, -0.1) is 0 Å². The Kier molecular flexibility index (Phi) is 2.57. The summed E-state index contributed by atoms with van der Waals surface area (Å²) in [5.41, 5.74) is 3.61. The molecule has 4 heteroatoms. The molecule has 1 aliphatic rings. The fourth-order valence-electron chi connectivity index (χ4n) is 2.12. The Bertz CT molecular complexity index is 563. The monoisotopic (exact) mass is 248 g/mol. The maximum Gasteiger partial charge on any atom is 0.222 e. The van der Waals surface area contributed by atoms with Crippen LogP contribution in [-0.2, 0) is 13.1 Å². The molecular formula is C13H10ClFN2. The minimum atomic E-state index is -0.525. The van der Waals surface area contributed by atoms with E-state index in [0.29, 0.717) is 10.6 Å². The van der Waals surface area contributed by atoms with Crippen molar-refractivity contribution in [2.45, 2.75) is 13.1 Å². The van der Waals surface area contributed by atoms with E-state index in [1.165, 1.54) is 17.3 Å². The zero-order valence-electron chi connectivity index (χ0n) is 9.00. The van der Waals surface area contributed by atoms with Crippen LogP contribution in [0, 0.1) is 5.95 Å². The van der Waals surface area contributed by atoms with Gasteiger partial charge in [0.1, 0.15) is 0 Å². The molecule has 0 fully saturated rings. The second-order valence-corrected chi connectivity index (χ2v) is 4.45. The Morgan fingerprint density at radius 1 is 1.18 bits per heavy atom. The van der Waals surface area contributed by atoms with Crippen LogP contribution in [0.1, 0.15) is 11.1 Å². The Morgan fingerprint density at radius 3 is 2.82 bits per heavy atom. The van der Waals surface area contributed by atoms with E-state index in [2.05, 4.69) is 10.3 Å². The van der Waals surface area contributed by atoms with Crippen LogP contribution >= 0.6 is 11.6 Å². The SMILES string of the molecule is Fc1nccc(Cl)c1-c1ccc2c(c1)CNC2. The quantitative estimate of drug-likeness (QED) is 0.785. The van der Waals surface area contributed by atoms with Gasteiger partial charge in [-0.3, -0.25) is 0 Å². The van der Waals surface area contributed by atoms with Crippen molar-refractivity contribution in [2.24, 2.45) is 0 Å². The van der Waals surface area contributed by atoms with E-state index in [1.807, 2.05) is 18.2 Å². The van der Waals surface area contributed by atoms with Crippen LogP contribution < -0.4 is 5.32 Å². The highest BCUT2D eigenvalue weighted by molar-refractivity contribution is 6.33. The molecule has 1 aliphatic heterocycles. The molecule has 0 atom stereocenters. The summed E-state index contributed by atoms with van der Waals surface area (Å²) in [6, 6.07) is 7.47. The predicted molar refractivity (Wildman–Crippen MR) is 65.2 cm³/mol. The predicted octanol–water partition coefficient (Wildman–Crippen LogP) is 3.14. The summed E-state index contributed by atoms with van der Waals surface area (Å²) in [6.07, 6.45) is 1.37. The number of fused-ring (bicyclic) bond motifs is 1. The van der Waals surface area contributed by atoms with Gasteiger partial charge in [0.15, 0.2) is 0 Å². The van der Waals surface area contributed by atoms with Crippen molar-refractivity contribution in [3.8, 4) is 11.1 Å². The average molecular weight is 249 g/mol. The summed E-state index contributed by atoms with van der Waals surface area (Å²) in [5, 5.41) is 3.65. The number of nitrogens with zero attached hydrogens (tertiary/aromatic N) is 1. The molecule has 0 spiro atoms. The van der Waals surface area contributed by atoms with E-state index in [1.54, 1.807) is 6.07 Å². The van der Waals surface area contributed by atoms with E-state index in [4.69, 9.17) is 11.6 Å². The second-order valence-electron chi connectivity index (χ2n) is 4.05. The molecule has 0 saturated heterocycles. The molecule has 86 valence electrons. The van der Waals surface area contributed by atoms with Crippen molar-refractivity contribution >= 4 is 11.6 Å². The first-order valence-electron chi connectivity index (χ1n) is 5.38. The molecule has 0 amide bonds. The highest BCUT2D eigenvalue weighted by Crippen LogP contribution is 2.31. The van der Waals surface area contributed by atoms with Crippen molar-refractivity contribution in [3.05, 3.63) is 52.6 Å². The number of aromatic nitrogens is 1. The van der Waals surface area contributed by atoms with Gasteiger partial charge in [0.05, 0.1) is 10.6 Å². The van der Waals surface area contributed by atoms with Gasteiger partial charge in [-0.2, -0.15) is 4.39 Å². The fraction of sp³-hybridized carbons (Fsp3) is 0.154. The first-order valence-corrected chi connectivity index (χ1v) is 5.76. The fourth-order valence-corrected chi connectivity index (χ4v) is 2.37. The molecule has 1 aromatic carbocycles. The number of benzene rings is 1. The summed E-state index contributed by atoms with van der Waals surface area (Å²) in [6.45, 7) is 1.70. The lowest BCUT2D eigenvalue weighted by molar-refractivity contribution is 0.587. The van der Waals surface area contributed by atoms with Crippen LogP contribution in [0.3, 0.4) is 0 Å². The second kappa shape index (κ2) is 4.09. The van der Waals surface area contributed by atoms with Crippen LogP contribution in [0.5, 0.6) is 0 Å². The number of hydrogen-bond acceptors (Lipinski definition) is 2. The number of hydrogen-bond donors (Lipinski definition) is 1. The lowest BCUT2D eigenvalue weighted by atomic mass is 10.0. The third kappa shape index (κ3) is 1.81. The highest BCUT2D eigenvalue weighted by atomic mass is 35.5. The Morgan fingerprint density at radius 2 is 2.00 bits per heavy atom. The number of nitrogens with one attached hydrogen (secondary N) is 1. The number of rotatable bonds is 1. The highest BCUT2D eigenvalue weighted by Gasteiger charge is 2.15. The van der Waals surface area contributed by atoms with Gasteiger partial charge in [-0.25, -0.2) is 4.98 Å². The molecule has 3 rings (SSSR count). The molecule has 0 saturated carbocycles. The van der Waals surface area contributed by atoms with Crippen molar-refractivity contribution < 1.29 is 4.39 Å². The van der Waals surface area contributed by atoms with E-state index < -0.39 is 5.95 Å². The van der Waals surface area contributed by atoms with Crippen LogP contribution in [0.2, 0.25) is 5.02 Å². The van der Waals surface area contributed by atoms with Gasteiger partial charge in [0.25, 0.3) is 0 Å². The topological polar surface area (TPSA) is 24.9 Å². The maximum absolute atomic E-state index is 13.7. The summed E-state index contributed by atoms with van der Waals surface area (Å²) >= 11 is 6.02. The van der Waals surface area contributed by atoms with Crippen molar-refractivity contribution in [1.82, 2.24) is 10.3 Å². The summed E-state index contributed by atoms with van der Waals surface area (Å²) in [5.74, 6) is -0.525. The average Bonchev–Trinajstić information content (AvgIpc) is 2.76. The van der Waals surface area contributed by atoms with Gasteiger partial charge in [-0.05, 0) is 28.8 Å². The van der Waals surface area contributed by atoms with Gasteiger partial charge in [0.2, 0.25) is 5.95 Å². The smallest absolute Gasteiger partial charge is 0.222 e. The lowest BCUT2D eigenvalue weighted by Gasteiger charge is -2.07. The Labute approximate surface area is 103 Å². The Hall–Kier alpha value is -1.45. The third-order valence-corrected chi connectivity index (χ3v) is 3.29. The molecule has 1 N–H and O–H groups in total. The maximum atomic E-state index is 13.7. The molecule has 2 heterocycles. The molecule has 0 aliphatic carbocycles. The van der Waals surface area contributed by atoms with Gasteiger partial charge >= 0.3 is 0 Å². The third-order valence-electron chi connectivity index (χ3n) is 2.98. The molecule has 17 heavy (non-hydrogen) atoms. The lowest BCUT2D eigenvalue weighted by Crippen LogP contribution is -1.99. The molecule has 2 nitrogen and oxygen atoms in total. The van der Waals surface area contributed by atoms with Gasteiger partial charge in [-0.1, -0.05) is 23.7 Å². The van der Waals surface area contributed by atoms with E-state index in [9.17, 15) is 4.39 Å². The largest absolute Gasteiger partial charge is 0.309 e. The molecule has 0 unspecified atom stereocenters. The summed E-state index contributed by atoms with van der Waals surface area (Å²) in [7, 11) is 0. The normalized spacial score (nSPS) is 13.8. The van der Waals surface area contributed by atoms with Crippen molar-refractivity contribution in [2.75, 3.05) is 0 Å². The Balaban J connectivity index is 2.16. The van der Waals surface area contributed by atoms with Gasteiger partial charge in [0, 0.05) is 19.3 Å². The molecule has 0 radical (unpaired) electrons. The molecule has 2 aromatic rings. The standard InChI is InChI=1S/C13H10ClFN2/c14-11-3-4-17-13(15)12(11)8-1-2-9-6-16-7-10(9)5-8/h1-5,16H,6-7H2. The zero-order valence-corrected chi connectivity index (χ0v) is 9.76. The molecule has 0 bridgehead atoms. The van der Waals surface area contributed by atoms with Gasteiger partial charge < -0.3 is 5.32 Å². The first-order chi connectivity index (χ1) is 8.25. The van der Waals surface area contributed by atoms with Crippen LogP contribution in [0.4, 0.5) is 4.39 Å². The summed E-state index contributed by atoms with van der Waals surface area (Å²) < 4.78 is 13.7. The first kappa shape index (κ1) is 10.7. The number of halogens is 2. The minimum absolute atomic E-state index is 0.379. The zero-order chi connectivity index (χ0) is 11.8.